The smallest absolute Gasteiger partial charge is 0.165 e. The number of aryl methyl sites for hydroxylation is 2. The van der Waals surface area contributed by atoms with Crippen LogP contribution in [-0.4, -0.2) is 37.2 Å². The van der Waals surface area contributed by atoms with Crippen LogP contribution in [-0.2, 0) is 6.54 Å². The van der Waals surface area contributed by atoms with Crippen LogP contribution in [0.2, 0.25) is 0 Å². The monoisotopic (exact) mass is 463 g/mol. The SMILES string of the molecule is Cc1c(Sc2cnc(N3CCC4(CC3)Cn3ncc(F)c3[C@H]4N)cn2)ccn2c(C)ccc12. The van der Waals surface area contributed by atoms with Crippen LogP contribution in [0.5, 0.6) is 0 Å². The van der Waals surface area contributed by atoms with E-state index < -0.39 is 0 Å². The molecule has 0 aromatic carbocycles. The maximum atomic E-state index is 14.1. The summed E-state index contributed by atoms with van der Waals surface area (Å²) in [4.78, 5) is 12.8. The summed E-state index contributed by atoms with van der Waals surface area (Å²) in [5, 5.41) is 5.04. The fourth-order valence-electron chi connectivity index (χ4n) is 5.34. The third-order valence-electron chi connectivity index (χ3n) is 7.42. The Bertz CT molecular complexity index is 1340. The van der Waals surface area contributed by atoms with E-state index in [1.54, 1.807) is 16.4 Å². The van der Waals surface area contributed by atoms with Gasteiger partial charge in [0.1, 0.15) is 10.8 Å². The van der Waals surface area contributed by atoms with Gasteiger partial charge in [0, 0.05) is 47.4 Å². The summed E-state index contributed by atoms with van der Waals surface area (Å²) in [5.74, 6) is 0.585. The number of fused-ring (bicyclic) bond motifs is 2. The summed E-state index contributed by atoms with van der Waals surface area (Å²) < 4.78 is 18.0. The molecule has 0 radical (unpaired) electrons. The summed E-state index contributed by atoms with van der Waals surface area (Å²) in [6.45, 7) is 6.59. The van der Waals surface area contributed by atoms with Crippen LogP contribution in [0.3, 0.4) is 0 Å². The second-order valence-electron chi connectivity index (χ2n) is 9.21. The van der Waals surface area contributed by atoms with Crippen molar-refractivity contribution in [2.45, 2.75) is 49.2 Å². The van der Waals surface area contributed by atoms with Gasteiger partial charge in [-0.2, -0.15) is 5.10 Å². The molecule has 0 amide bonds. The molecule has 6 heterocycles. The first-order valence-corrected chi connectivity index (χ1v) is 12.1. The Balaban J connectivity index is 1.14. The van der Waals surface area contributed by atoms with E-state index in [4.69, 9.17) is 10.7 Å². The highest BCUT2D eigenvalue weighted by atomic mass is 32.2. The van der Waals surface area contributed by atoms with Crippen molar-refractivity contribution in [3.63, 3.8) is 0 Å². The molecule has 33 heavy (non-hydrogen) atoms. The average Bonchev–Trinajstić information content (AvgIpc) is 3.46. The molecule has 2 aliphatic rings. The molecule has 0 aliphatic carbocycles. The van der Waals surface area contributed by atoms with Gasteiger partial charge in [-0.1, -0.05) is 11.8 Å². The lowest BCUT2D eigenvalue weighted by molar-refractivity contribution is 0.169. The number of aromatic nitrogens is 5. The molecular formula is C24H26FN7S. The Morgan fingerprint density at radius 3 is 2.64 bits per heavy atom. The van der Waals surface area contributed by atoms with Crippen molar-refractivity contribution in [3.8, 4) is 0 Å². The highest BCUT2D eigenvalue weighted by molar-refractivity contribution is 7.99. The molecule has 6 rings (SSSR count). The molecule has 4 aromatic heterocycles. The number of rotatable bonds is 3. The molecule has 1 atom stereocenters. The van der Waals surface area contributed by atoms with Gasteiger partial charge in [0.05, 0.1) is 30.3 Å². The molecule has 1 saturated heterocycles. The Morgan fingerprint density at radius 1 is 1.09 bits per heavy atom. The van der Waals surface area contributed by atoms with Gasteiger partial charge in [0.25, 0.3) is 0 Å². The van der Waals surface area contributed by atoms with Crippen LogP contribution >= 0.6 is 11.8 Å². The fraction of sp³-hybridized carbons (Fsp3) is 0.375. The lowest BCUT2D eigenvalue weighted by Gasteiger charge is -2.41. The first-order valence-electron chi connectivity index (χ1n) is 11.2. The molecular weight excluding hydrogens is 437 g/mol. The van der Waals surface area contributed by atoms with Gasteiger partial charge >= 0.3 is 0 Å². The van der Waals surface area contributed by atoms with Gasteiger partial charge < -0.3 is 15.0 Å². The number of piperidine rings is 1. The molecule has 4 aromatic rings. The van der Waals surface area contributed by atoms with Crippen molar-refractivity contribution in [3.05, 3.63) is 65.8 Å². The first kappa shape index (κ1) is 20.7. The maximum Gasteiger partial charge on any atom is 0.165 e. The number of hydrogen-bond acceptors (Lipinski definition) is 6. The standard InChI is InChI=1S/C24H26FN7S/c1-15-3-4-18-16(2)19(5-8-31(15)18)33-21-13-27-20(12-28-21)30-9-6-24(7-10-30)14-32-22(23(24)26)17(25)11-29-32/h3-5,8,11-13,23H,6-7,9-10,14,26H2,1-2H3/t23-/m1/s1. The van der Waals surface area contributed by atoms with E-state index in [1.807, 2.05) is 12.4 Å². The zero-order valence-electron chi connectivity index (χ0n) is 18.7. The van der Waals surface area contributed by atoms with Crippen LogP contribution in [0.1, 0.15) is 35.8 Å². The molecule has 0 bridgehead atoms. The van der Waals surface area contributed by atoms with Crippen LogP contribution in [0, 0.1) is 25.1 Å². The number of anilines is 1. The highest BCUT2D eigenvalue weighted by Crippen LogP contribution is 2.48. The third-order valence-corrected chi connectivity index (χ3v) is 8.50. The molecule has 0 saturated carbocycles. The predicted molar refractivity (Wildman–Crippen MR) is 126 cm³/mol. The van der Waals surface area contributed by atoms with E-state index in [2.05, 4.69) is 57.6 Å². The number of nitrogens with zero attached hydrogens (tertiary/aromatic N) is 6. The van der Waals surface area contributed by atoms with Crippen LogP contribution in [0.25, 0.3) is 5.52 Å². The minimum Gasteiger partial charge on any atom is -0.355 e. The highest BCUT2D eigenvalue weighted by Gasteiger charge is 2.48. The molecule has 0 unspecified atom stereocenters. The van der Waals surface area contributed by atoms with Crippen molar-refractivity contribution >= 4 is 23.1 Å². The second kappa shape index (κ2) is 7.56. The van der Waals surface area contributed by atoms with Crippen molar-refractivity contribution in [2.24, 2.45) is 11.1 Å². The summed E-state index contributed by atoms with van der Waals surface area (Å²) in [7, 11) is 0. The fourth-order valence-corrected chi connectivity index (χ4v) is 6.16. The van der Waals surface area contributed by atoms with Gasteiger partial charge in [-0.05, 0) is 50.5 Å². The van der Waals surface area contributed by atoms with E-state index in [0.717, 1.165) is 36.8 Å². The van der Waals surface area contributed by atoms with Crippen LogP contribution < -0.4 is 10.6 Å². The quantitative estimate of drug-likeness (QED) is 0.492. The summed E-state index contributed by atoms with van der Waals surface area (Å²) >= 11 is 1.64. The number of pyridine rings is 1. The molecule has 1 fully saturated rings. The van der Waals surface area contributed by atoms with Crippen LogP contribution in [0.15, 0.2) is 52.9 Å². The minimum absolute atomic E-state index is 0.127. The summed E-state index contributed by atoms with van der Waals surface area (Å²) in [5.41, 5.74) is 10.6. The van der Waals surface area contributed by atoms with E-state index in [9.17, 15) is 4.39 Å². The Labute approximate surface area is 195 Å². The zero-order valence-corrected chi connectivity index (χ0v) is 19.5. The van der Waals surface area contributed by atoms with E-state index in [1.165, 1.54) is 27.9 Å². The largest absolute Gasteiger partial charge is 0.355 e. The Hall–Kier alpha value is -2.91. The maximum absolute atomic E-state index is 14.1. The van der Waals surface area contributed by atoms with Gasteiger partial charge in [0.2, 0.25) is 0 Å². The third kappa shape index (κ3) is 3.25. The normalized spacial score (nSPS) is 19.5. The van der Waals surface area contributed by atoms with Crippen molar-refractivity contribution in [1.29, 1.82) is 0 Å². The molecule has 2 N–H and O–H groups in total. The Morgan fingerprint density at radius 2 is 1.91 bits per heavy atom. The van der Waals surface area contributed by atoms with Crippen LogP contribution in [0.4, 0.5) is 10.2 Å². The van der Waals surface area contributed by atoms with E-state index in [-0.39, 0.29) is 17.3 Å². The van der Waals surface area contributed by atoms with Crippen molar-refractivity contribution in [2.75, 3.05) is 18.0 Å². The second-order valence-corrected chi connectivity index (χ2v) is 10.3. The Kier molecular flexibility index (Phi) is 4.74. The number of nitrogens with two attached hydrogens (primary N) is 1. The summed E-state index contributed by atoms with van der Waals surface area (Å²) in [6, 6.07) is 6.12. The van der Waals surface area contributed by atoms with E-state index >= 15 is 0 Å². The summed E-state index contributed by atoms with van der Waals surface area (Å²) in [6.07, 6.45) is 8.84. The number of hydrogen-bond donors (Lipinski definition) is 1. The topological polar surface area (TPSA) is 77.3 Å². The molecule has 2 aliphatic heterocycles. The first-order chi connectivity index (χ1) is 15.9. The van der Waals surface area contributed by atoms with Crippen molar-refractivity contribution in [1.82, 2.24) is 24.1 Å². The van der Waals surface area contributed by atoms with E-state index in [0.29, 0.717) is 12.2 Å². The molecule has 1 spiro atoms. The van der Waals surface area contributed by atoms with Gasteiger partial charge in [-0.25, -0.2) is 14.4 Å². The predicted octanol–water partition coefficient (Wildman–Crippen LogP) is 4.13. The molecule has 7 nitrogen and oxygen atoms in total. The number of halogens is 1. The lowest BCUT2D eigenvalue weighted by atomic mass is 9.73. The molecule has 9 heteroatoms. The van der Waals surface area contributed by atoms with Gasteiger partial charge in [-0.3, -0.25) is 4.68 Å². The minimum atomic E-state index is -0.308. The van der Waals surface area contributed by atoms with Gasteiger partial charge in [0.15, 0.2) is 5.82 Å². The lowest BCUT2D eigenvalue weighted by Crippen LogP contribution is -2.45. The van der Waals surface area contributed by atoms with Crippen molar-refractivity contribution < 1.29 is 4.39 Å². The molecule has 170 valence electrons. The van der Waals surface area contributed by atoms with Gasteiger partial charge in [-0.15, -0.1) is 0 Å². The average molecular weight is 464 g/mol. The zero-order chi connectivity index (χ0) is 22.7.